The maximum Gasteiger partial charge on any atom is 0.253 e. The summed E-state index contributed by atoms with van der Waals surface area (Å²) >= 11 is 5.83. The predicted molar refractivity (Wildman–Crippen MR) is 130 cm³/mol. The molecule has 0 radical (unpaired) electrons. The standard InChI is InChI=1S/C27H24ClF2N3O3/c28-19-3-8-25(31-16-19)36-21-5-1-17(2-6-21)26(35)33-11-9-27(10-12-33)15-23(27)32-24(34)14-18-13-20(29)4-7-22(18)30/h1-8,13,16,23H,9-12,14-15H2,(H,32,34). The van der Waals surface area contributed by atoms with Gasteiger partial charge in [-0.3, -0.25) is 9.59 Å². The highest BCUT2D eigenvalue weighted by molar-refractivity contribution is 6.30. The van der Waals surface area contributed by atoms with E-state index in [0.29, 0.717) is 35.3 Å². The van der Waals surface area contributed by atoms with E-state index in [2.05, 4.69) is 10.3 Å². The minimum atomic E-state index is -0.592. The van der Waals surface area contributed by atoms with Crippen LogP contribution < -0.4 is 10.1 Å². The summed E-state index contributed by atoms with van der Waals surface area (Å²) in [4.78, 5) is 31.3. The Kier molecular flexibility index (Phi) is 6.62. The van der Waals surface area contributed by atoms with Gasteiger partial charge in [0.15, 0.2) is 0 Å². The third-order valence-corrected chi connectivity index (χ3v) is 7.18. The summed E-state index contributed by atoms with van der Waals surface area (Å²) < 4.78 is 32.9. The van der Waals surface area contributed by atoms with Gasteiger partial charge in [0.05, 0.1) is 11.4 Å². The molecular formula is C27H24ClF2N3O3. The van der Waals surface area contributed by atoms with E-state index in [1.165, 1.54) is 6.20 Å². The summed E-state index contributed by atoms with van der Waals surface area (Å²) in [6.45, 7) is 1.19. The zero-order valence-electron chi connectivity index (χ0n) is 19.3. The van der Waals surface area contributed by atoms with Gasteiger partial charge in [0.2, 0.25) is 11.8 Å². The number of nitrogens with zero attached hydrogens (tertiary/aromatic N) is 2. The Bertz CT molecular complexity index is 1280. The highest BCUT2D eigenvalue weighted by atomic mass is 35.5. The molecule has 0 bridgehead atoms. The lowest BCUT2D eigenvalue weighted by molar-refractivity contribution is -0.120. The van der Waals surface area contributed by atoms with E-state index in [-0.39, 0.29) is 35.3 Å². The number of halogens is 3. The first kappa shape index (κ1) is 24.2. The number of benzene rings is 2. The van der Waals surface area contributed by atoms with Crippen molar-refractivity contribution in [1.29, 1.82) is 0 Å². The summed E-state index contributed by atoms with van der Waals surface area (Å²) in [5, 5.41) is 3.48. The van der Waals surface area contributed by atoms with Crippen LogP contribution in [0, 0.1) is 17.0 Å². The van der Waals surface area contributed by atoms with Crippen LogP contribution in [0.5, 0.6) is 11.6 Å². The number of nitrogens with one attached hydrogen (secondary N) is 1. The fourth-order valence-corrected chi connectivity index (χ4v) is 4.86. The van der Waals surface area contributed by atoms with Crippen molar-refractivity contribution in [1.82, 2.24) is 15.2 Å². The molecule has 1 saturated heterocycles. The van der Waals surface area contributed by atoms with Crippen LogP contribution in [0.2, 0.25) is 5.02 Å². The van der Waals surface area contributed by atoms with Gasteiger partial charge in [0.25, 0.3) is 5.91 Å². The van der Waals surface area contributed by atoms with Crippen LogP contribution in [0.15, 0.2) is 60.8 Å². The van der Waals surface area contributed by atoms with E-state index >= 15 is 0 Å². The number of pyridine rings is 1. The number of amides is 2. The molecule has 1 N–H and O–H groups in total. The molecule has 3 aromatic rings. The number of carbonyl (C=O) groups is 2. The lowest BCUT2D eigenvalue weighted by atomic mass is 9.92. The molecule has 36 heavy (non-hydrogen) atoms. The molecule has 1 aliphatic heterocycles. The Morgan fingerprint density at radius 3 is 2.53 bits per heavy atom. The Balaban J connectivity index is 1.11. The Morgan fingerprint density at radius 2 is 1.83 bits per heavy atom. The smallest absolute Gasteiger partial charge is 0.253 e. The molecule has 1 aliphatic carbocycles. The second-order valence-electron chi connectivity index (χ2n) is 9.33. The number of hydrogen-bond acceptors (Lipinski definition) is 4. The third kappa shape index (κ3) is 5.33. The van der Waals surface area contributed by atoms with Gasteiger partial charge in [-0.05, 0) is 73.2 Å². The monoisotopic (exact) mass is 511 g/mol. The zero-order valence-corrected chi connectivity index (χ0v) is 20.1. The van der Waals surface area contributed by atoms with Crippen LogP contribution in [0.4, 0.5) is 8.78 Å². The van der Waals surface area contributed by atoms with Crippen LogP contribution >= 0.6 is 11.6 Å². The van der Waals surface area contributed by atoms with Gasteiger partial charge >= 0.3 is 0 Å². The molecule has 1 unspecified atom stereocenters. The summed E-state index contributed by atoms with van der Waals surface area (Å²) in [6.07, 6.45) is 3.69. The largest absolute Gasteiger partial charge is 0.439 e. The molecule has 6 nitrogen and oxygen atoms in total. The minimum absolute atomic E-state index is 0.00298. The molecule has 2 aromatic carbocycles. The number of ether oxygens (including phenoxy) is 1. The maximum absolute atomic E-state index is 13.8. The van der Waals surface area contributed by atoms with Crippen LogP contribution in [-0.2, 0) is 11.2 Å². The lowest BCUT2D eigenvalue weighted by Gasteiger charge is -2.33. The third-order valence-electron chi connectivity index (χ3n) is 6.95. The van der Waals surface area contributed by atoms with Crippen molar-refractivity contribution in [2.45, 2.75) is 31.7 Å². The average Bonchev–Trinajstić information content (AvgIpc) is 3.53. The summed E-state index contributed by atoms with van der Waals surface area (Å²) in [7, 11) is 0. The lowest BCUT2D eigenvalue weighted by Crippen LogP contribution is -2.42. The average molecular weight is 512 g/mol. The predicted octanol–water partition coefficient (Wildman–Crippen LogP) is 5.16. The van der Waals surface area contributed by atoms with Crippen LogP contribution in [0.3, 0.4) is 0 Å². The van der Waals surface area contributed by atoms with Crippen LogP contribution in [0.1, 0.15) is 35.2 Å². The molecule has 2 fully saturated rings. The van der Waals surface area contributed by atoms with E-state index in [1.54, 1.807) is 36.4 Å². The fraction of sp³-hybridized carbons (Fsp3) is 0.296. The normalized spacial score (nSPS) is 18.1. The second-order valence-corrected chi connectivity index (χ2v) is 9.77. The van der Waals surface area contributed by atoms with Gasteiger partial charge in [0.1, 0.15) is 17.4 Å². The van der Waals surface area contributed by atoms with Gasteiger partial charge in [-0.25, -0.2) is 13.8 Å². The molecule has 9 heteroatoms. The first-order valence-corrected chi connectivity index (χ1v) is 12.1. The number of carbonyl (C=O) groups excluding carboxylic acids is 2. The second kappa shape index (κ2) is 9.85. The van der Waals surface area contributed by atoms with Crippen molar-refractivity contribution >= 4 is 23.4 Å². The Hall–Kier alpha value is -3.52. The first-order valence-electron chi connectivity index (χ1n) is 11.7. The SMILES string of the molecule is O=C(Cc1cc(F)ccc1F)NC1CC12CCN(C(=O)c1ccc(Oc3ccc(Cl)cn3)cc1)CC2. The van der Waals surface area contributed by atoms with Crippen LogP contribution in [0.25, 0.3) is 0 Å². The zero-order chi connectivity index (χ0) is 25.3. The molecule has 1 aromatic heterocycles. The fourth-order valence-electron chi connectivity index (χ4n) is 4.75. The molecule has 186 valence electrons. The van der Waals surface area contributed by atoms with Crippen molar-refractivity contribution in [3.63, 3.8) is 0 Å². The highest BCUT2D eigenvalue weighted by Gasteiger charge is 2.55. The van der Waals surface area contributed by atoms with Gasteiger partial charge < -0.3 is 15.0 Å². The van der Waals surface area contributed by atoms with Crippen molar-refractivity contribution in [3.05, 3.63) is 88.6 Å². The molecule has 2 aliphatic rings. The van der Waals surface area contributed by atoms with Gasteiger partial charge in [-0.1, -0.05) is 11.6 Å². The van der Waals surface area contributed by atoms with Gasteiger partial charge in [0, 0.05) is 42.5 Å². The van der Waals surface area contributed by atoms with E-state index < -0.39 is 11.6 Å². The van der Waals surface area contributed by atoms with E-state index in [4.69, 9.17) is 16.3 Å². The van der Waals surface area contributed by atoms with E-state index in [9.17, 15) is 18.4 Å². The van der Waals surface area contributed by atoms with Gasteiger partial charge in [-0.15, -0.1) is 0 Å². The van der Waals surface area contributed by atoms with Crippen molar-refractivity contribution in [2.24, 2.45) is 5.41 Å². The topological polar surface area (TPSA) is 71.5 Å². The highest BCUT2D eigenvalue weighted by Crippen LogP contribution is 2.54. The minimum Gasteiger partial charge on any atom is -0.439 e. The first-order chi connectivity index (χ1) is 17.3. The molecule has 5 rings (SSSR count). The van der Waals surface area contributed by atoms with Crippen molar-refractivity contribution < 1.29 is 23.1 Å². The summed E-state index contributed by atoms with van der Waals surface area (Å²) in [6, 6.07) is 13.4. The number of piperidine rings is 1. The summed E-state index contributed by atoms with van der Waals surface area (Å²) in [5.74, 6) is -0.564. The molecule has 1 spiro atoms. The maximum atomic E-state index is 13.8. The Morgan fingerprint density at radius 1 is 1.08 bits per heavy atom. The molecule has 2 heterocycles. The van der Waals surface area contributed by atoms with E-state index in [1.807, 2.05) is 4.90 Å². The molecular weight excluding hydrogens is 488 g/mol. The van der Waals surface area contributed by atoms with Crippen LogP contribution in [-0.4, -0.2) is 40.8 Å². The Labute approximate surface area is 212 Å². The van der Waals surface area contributed by atoms with Gasteiger partial charge in [-0.2, -0.15) is 0 Å². The number of rotatable bonds is 6. The number of aromatic nitrogens is 1. The molecule has 2 amide bonds. The quantitative estimate of drug-likeness (QED) is 0.496. The molecule has 1 saturated carbocycles. The van der Waals surface area contributed by atoms with E-state index in [0.717, 1.165) is 37.5 Å². The van der Waals surface area contributed by atoms with Crippen molar-refractivity contribution in [2.75, 3.05) is 13.1 Å². The number of hydrogen-bond donors (Lipinski definition) is 1. The number of likely N-dealkylation sites (tertiary alicyclic amines) is 1. The molecule has 1 atom stereocenters. The summed E-state index contributed by atoms with van der Waals surface area (Å²) in [5.41, 5.74) is 0.583. The van der Waals surface area contributed by atoms with Crippen molar-refractivity contribution in [3.8, 4) is 11.6 Å².